The number of hydrogen-bond donors (Lipinski definition) is 1. The molecule has 0 atom stereocenters. The highest BCUT2D eigenvalue weighted by atomic mass is 19.1. The second kappa shape index (κ2) is 4.74. The molecule has 0 saturated heterocycles. The monoisotopic (exact) mass is 229 g/mol. The molecule has 0 saturated carbocycles. The Bertz CT molecular complexity index is 538. The van der Waals surface area contributed by atoms with Gasteiger partial charge in [0.25, 0.3) is 0 Å². The largest absolute Gasteiger partial charge is 0.315 e. The Morgan fingerprint density at radius 2 is 2.00 bits per heavy atom. The van der Waals surface area contributed by atoms with Crippen LogP contribution in [-0.4, -0.2) is 11.4 Å². The Morgan fingerprint density at radius 1 is 1.24 bits per heavy atom. The second-order valence-corrected chi connectivity index (χ2v) is 3.62. The molecule has 3 nitrogen and oxygen atoms in total. The van der Waals surface area contributed by atoms with Crippen LogP contribution in [0.1, 0.15) is 5.56 Å². The fourth-order valence-electron chi connectivity index (χ4n) is 1.46. The fraction of sp³-hybridized carbons (Fsp3) is 0.0769. The van der Waals surface area contributed by atoms with Crippen LogP contribution in [0.3, 0.4) is 0 Å². The molecule has 4 heteroatoms. The molecule has 1 aromatic heterocycles. The van der Waals surface area contributed by atoms with Gasteiger partial charge in [0, 0.05) is 11.8 Å². The van der Waals surface area contributed by atoms with Gasteiger partial charge >= 0.3 is 6.41 Å². The van der Waals surface area contributed by atoms with E-state index in [1.54, 1.807) is 31.3 Å². The lowest BCUT2D eigenvalue weighted by molar-refractivity contribution is 0.561. The Kier molecular flexibility index (Phi) is 3.14. The van der Waals surface area contributed by atoms with Crippen LogP contribution >= 0.6 is 0 Å². The van der Waals surface area contributed by atoms with E-state index >= 15 is 0 Å². The third-order valence-electron chi connectivity index (χ3n) is 2.45. The van der Waals surface area contributed by atoms with Gasteiger partial charge in [-0.25, -0.2) is 9.37 Å². The molecule has 1 aromatic carbocycles. The molecule has 1 heterocycles. The standard InChI is InChI=1S/C13H10FN2O/c1-9-2-3-10(6-12(9)14)11-4-5-13(15-7-11)16-8-17/h2-7H,1H3,(H,15,16,17). The number of anilines is 1. The summed E-state index contributed by atoms with van der Waals surface area (Å²) >= 11 is 0. The number of aryl methyl sites for hydroxylation is 1. The summed E-state index contributed by atoms with van der Waals surface area (Å²) in [6.07, 6.45) is 3.11. The summed E-state index contributed by atoms with van der Waals surface area (Å²) in [6.45, 7) is 1.71. The molecule has 0 bridgehead atoms. The molecule has 85 valence electrons. The maximum Gasteiger partial charge on any atom is 0.315 e. The highest BCUT2D eigenvalue weighted by Crippen LogP contribution is 2.21. The highest BCUT2D eigenvalue weighted by Gasteiger charge is 2.02. The molecule has 0 aliphatic heterocycles. The van der Waals surface area contributed by atoms with Crippen LogP contribution in [0.15, 0.2) is 36.5 Å². The number of carbonyl (C=O) groups excluding carboxylic acids is 1. The zero-order valence-corrected chi connectivity index (χ0v) is 9.20. The zero-order chi connectivity index (χ0) is 12.3. The third kappa shape index (κ3) is 2.47. The number of amides is 1. The Labute approximate surface area is 98.3 Å². The summed E-state index contributed by atoms with van der Waals surface area (Å²) in [7, 11) is 0. The number of hydrogen-bond acceptors (Lipinski definition) is 2. The summed E-state index contributed by atoms with van der Waals surface area (Å²) in [6, 6.07) is 8.41. The Hall–Kier alpha value is -2.23. The molecule has 2 aromatic rings. The number of rotatable bonds is 3. The Morgan fingerprint density at radius 3 is 2.59 bits per heavy atom. The van der Waals surface area contributed by atoms with Gasteiger partial charge < -0.3 is 5.32 Å². The SMILES string of the molecule is Cc1ccc(-c2ccc(N[C]=O)nc2)cc1F. The van der Waals surface area contributed by atoms with E-state index in [9.17, 15) is 9.18 Å². The average molecular weight is 229 g/mol. The van der Waals surface area contributed by atoms with Gasteiger partial charge in [-0.15, -0.1) is 0 Å². The summed E-state index contributed by atoms with van der Waals surface area (Å²) in [4.78, 5) is 14.1. The first-order chi connectivity index (χ1) is 8.20. The van der Waals surface area contributed by atoms with Crippen LogP contribution in [0.5, 0.6) is 0 Å². The van der Waals surface area contributed by atoms with Crippen LogP contribution in [0, 0.1) is 12.7 Å². The molecule has 1 N–H and O–H groups in total. The molecule has 17 heavy (non-hydrogen) atoms. The molecule has 2 rings (SSSR count). The van der Waals surface area contributed by atoms with E-state index in [-0.39, 0.29) is 5.82 Å². The van der Waals surface area contributed by atoms with Crippen molar-refractivity contribution in [3.8, 4) is 11.1 Å². The van der Waals surface area contributed by atoms with E-state index < -0.39 is 0 Å². The molecular weight excluding hydrogens is 219 g/mol. The first-order valence-electron chi connectivity index (χ1n) is 5.06. The molecule has 1 amide bonds. The average Bonchev–Trinajstić information content (AvgIpc) is 2.34. The number of aromatic nitrogens is 1. The topological polar surface area (TPSA) is 42.0 Å². The Balaban J connectivity index is 2.32. The van der Waals surface area contributed by atoms with E-state index in [0.717, 1.165) is 11.1 Å². The van der Waals surface area contributed by atoms with E-state index in [1.807, 2.05) is 6.07 Å². The van der Waals surface area contributed by atoms with Crippen molar-refractivity contribution in [1.29, 1.82) is 0 Å². The first kappa shape index (κ1) is 11.3. The molecule has 0 aliphatic rings. The van der Waals surface area contributed by atoms with Crippen molar-refractivity contribution < 1.29 is 9.18 Å². The maximum absolute atomic E-state index is 13.4. The minimum Gasteiger partial charge on any atom is -0.302 e. The van der Waals surface area contributed by atoms with Crippen molar-refractivity contribution in [2.75, 3.05) is 5.32 Å². The molecule has 1 radical (unpaired) electrons. The van der Waals surface area contributed by atoms with Crippen molar-refractivity contribution in [3.63, 3.8) is 0 Å². The predicted molar refractivity (Wildman–Crippen MR) is 63.7 cm³/mol. The minimum atomic E-state index is -0.245. The van der Waals surface area contributed by atoms with Crippen LogP contribution < -0.4 is 5.32 Å². The summed E-state index contributed by atoms with van der Waals surface area (Å²) < 4.78 is 13.4. The number of halogens is 1. The number of nitrogens with one attached hydrogen (secondary N) is 1. The molecular formula is C13H10FN2O. The molecule has 0 unspecified atom stereocenters. The lowest BCUT2D eigenvalue weighted by Gasteiger charge is -2.04. The van der Waals surface area contributed by atoms with Crippen molar-refractivity contribution in [3.05, 3.63) is 47.9 Å². The van der Waals surface area contributed by atoms with Crippen LogP contribution in [0.25, 0.3) is 11.1 Å². The predicted octanol–water partition coefficient (Wildman–Crippen LogP) is 2.68. The highest BCUT2D eigenvalue weighted by molar-refractivity contribution is 5.71. The van der Waals surface area contributed by atoms with Gasteiger partial charge in [0.15, 0.2) is 0 Å². The van der Waals surface area contributed by atoms with Crippen molar-refractivity contribution in [2.24, 2.45) is 0 Å². The quantitative estimate of drug-likeness (QED) is 0.822. The lowest BCUT2D eigenvalue weighted by Crippen LogP contribution is -1.96. The summed E-state index contributed by atoms with van der Waals surface area (Å²) in [5, 5.41) is 2.32. The van der Waals surface area contributed by atoms with Gasteiger partial charge in [0.05, 0.1) is 0 Å². The third-order valence-corrected chi connectivity index (χ3v) is 2.45. The smallest absolute Gasteiger partial charge is 0.302 e. The van der Waals surface area contributed by atoms with Gasteiger partial charge in [-0.1, -0.05) is 12.1 Å². The van der Waals surface area contributed by atoms with Crippen LogP contribution in [0.4, 0.5) is 10.2 Å². The normalized spacial score (nSPS) is 10.0. The van der Waals surface area contributed by atoms with Gasteiger partial charge in [0.2, 0.25) is 0 Å². The van der Waals surface area contributed by atoms with Crippen molar-refractivity contribution in [2.45, 2.75) is 6.92 Å². The summed E-state index contributed by atoms with van der Waals surface area (Å²) in [5.41, 5.74) is 2.15. The number of nitrogens with zero attached hydrogens (tertiary/aromatic N) is 1. The van der Waals surface area contributed by atoms with E-state index in [0.29, 0.717) is 11.4 Å². The van der Waals surface area contributed by atoms with Crippen LogP contribution in [-0.2, 0) is 4.79 Å². The fourth-order valence-corrected chi connectivity index (χ4v) is 1.46. The maximum atomic E-state index is 13.4. The van der Waals surface area contributed by atoms with Gasteiger partial charge in [0.1, 0.15) is 11.6 Å². The lowest BCUT2D eigenvalue weighted by atomic mass is 10.1. The second-order valence-electron chi connectivity index (χ2n) is 3.62. The van der Waals surface area contributed by atoms with Crippen molar-refractivity contribution in [1.82, 2.24) is 4.98 Å². The molecule has 0 spiro atoms. The van der Waals surface area contributed by atoms with E-state index in [1.165, 1.54) is 12.5 Å². The van der Waals surface area contributed by atoms with Crippen molar-refractivity contribution >= 4 is 12.2 Å². The van der Waals surface area contributed by atoms with Gasteiger partial charge in [-0.05, 0) is 36.2 Å². The van der Waals surface area contributed by atoms with E-state index in [2.05, 4.69) is 10.3 Å². The van der Waals surface area contributed by atoms with Gasteiger partial charge in [-0.3, -0.25) is 4.79 Å². The van der Waals surface area contributed by atoms with Crippen LogP contribution in [0.2, 0.25) is 0 Å². The number of pyridine rings is 1. The minimum absolute atomic E-state index is 0.245. The molecule has 0 aliphatic carbocycles. The number of benzene rings is 1. The zero-order valence-electron chi connectivity index (χ0n) is 9.20. The van der Waals surface area contributed by atoms with E-state index in [4.69, 9.17) is 0 Å². The first-order valence-corrected chi connectivity index (χ1v) is 5.06. The summed E-state index contributed by atoms with van der Waals surface area (Å²) in [5.74, 6) is 0.169. The molecule has 0 fully saturated rings. The van der Waals surface area contributed by atoms with Gasteiger partial charge in [-0.2, -0.15) is 0 Å².